The van der Waals surface area contributed by atoms with Gasteiger partial charge in [-0.1, -0.05) is 26.0 Å². The Morgan fingerprint density at radius 3 is 2.26 bits per heavy atom. The molecule has 0 aliphatic rings. The van der Waals surface area contributed by atoms with E-state index in [9.17, 15) is 8.42 Å². The second-order valence-electron chi connectivity index (χ2n) is 6.55. The van der Waals surface area contributed by atoms with Crippen LogP contribution in [0.1, 0.15) is 37.9 Å². The van der Waals surface area contributed by atoms with E-state index in [1.165, 1.54) is 12.1 Å². The van der Waals surface area contributed by atoms with Gasteiger partial charge in [-0.05, 0) is 43.9 Å². The molecule has 0 saturated carbocycles. The second kappa shape index (κ2) is 9.66. The van der Waals surface area contributed by atoms with Crippen molar-refractivity contribution in [3.63, 3.8) is 0 Å². The number of aromatic nitrogens is 2. The van der Waals surface area contributed by atoms with Gasteiger partial charge in [-0.2, -0.15) is 4.98 Å². The molecule has 7 nitrogen and oxygen atoms in total. The fourth-order valence-electron chi connectivity index (χ4n) is 2.82. The number of aryl methyl sites for hydroxylation is 1. The largest absolute Gasteiger partial charge is 0.370 e. The Labute approximate surface area is 162 Å². The van der Waals surface area contributed by atoms with Crippen molar-refractivity contribution in [2.45, 2.75) is 44.9 Å². The fourth-order valence-corrected chi connectivity index (χ4v) is 3.33. The molecule has 0 spiro atoms. The predicted octanol–water partition coefficient (Wildman–Crippen LogP) is 2.71. The molecule has 0 atom stereocenters. The van der Waals surface area contributed by atoms with Crippen molar-refractivity contribution in [2.75, 3.05) is 29.9 Å². The minimum atomic E-state index is -3.65. The van der Waals surface area contributed by atoms with Gasteiger partial charge in [0.15, 0.2) is 0 Å². The van der Waals surface area contributed by atoms with Gasteiger partial charge in [-0.15, -0.1) is 0 Å². The number of rotatable bonds is 10. The number of primary sulfonamides is 1. The molecule has 0 saturated heterocycles. The molecule has 0 amide bonds. The molecule has 3 N–H and O–H groups in total. The zero-order valence-electron chi connectivity index (χ0n) is 16.3. The van der Waals surface area contributed by atoms with Gasteiger partial charge in [0.1, 0.15) is 5.82 Å². The summed E-state index contributed by atoms with van der Waals surface area (Å²) in [6.45, 7) is 8.84. The zero-order valence-corrected chi connectivity index (χ0v) is 17.1. The number of nitrogens with two attached hydrogens (primary N) is 1. The fraction of sp³-hybridized carbons (Fsp3) is 0.474. The van der Waals surface area contributed by atoms with Crippen LogP contribution in [0.25, 0.3) is 0 Å². The van der Waals surface area contributed by atoms with E-state index in [0.717, 1.165) is 55.4 Å². The number of sulfonamides is 1. The summed E-state index contributed by atoms with van der Waals surface area (Å²) in [6, 6.07) is 8.56. The Hall–Kier alpha value is -2.19. The average Bonchev–Trinajstić information content (AvgIpc) is 2.61. The number of anilines is 2. The Bertz CT molecular complexity index is 832. The Morgan fingerprint density at radius 1 is 1.07 bits per heavy atom. The van der Waals surface area contributed by atoms with Crippen LogP contribution in [0.15, 0.2) is 35.2 Å². The van der Waals surface area contributed by atoms with Crippen molar-refractivity contribution < 1.29 is 8.42 Å². The lowest BCUT2D eigenvalue weighted by Crippen LogP contribution is -2.27. The first kappa shape index (κ1) is 21.1. The van der Waals surface area contributed by atoms with Crippen molar-refractivity contribution in [2.24, 2.45) is 5.14 Å². The van der Waals surface area contributed by atoms with Gasteiger partial charge in [0.25, 0.3) is 0 Å². The maximum atomic E-state index is 11.3. The van der Waals surface area contributed by atoms with Gasteiger partial charge in [0.2, 0.25) is 16.0 Å². The number of hydrogen-bond acceptors (Lipinski definition) is 6. The number of benzene rings is 1. The van der Waals surface area contributed by atoms with Crippen molar-refractivity contribution in [3.05, 3.63) is 41.6 Å². The molecule has 1 heterocycles. The predicted molar refractivity (Wildman–Crippen MR) is 110 cm³/mol. The van der Waals surface area contributed by atoms with Crippen molar-refractivity contribution in [3.8, 4) is 0 Å². The van der Waals surface area contributed by atoms with Crippen molar-refractivity contribution in [1.82, 2.24) is 9.97 Å². The molecule has 0 fully saturated rings. The van der Waals surface area contributed by atoms with Crippen LogP contribution in [0, 0.1) is 6.92 Å². The van der Waals surface area contributed by atoms with E-state index < -0.39 is 10.0 Å². The molecule has 2 rings (SSSR count). The molecular weight excluding hydrogens is 362 g/mol. The maximum Gasteiger partial charge on any atom is 0.238 e. The van der Waals surface area contributed by atoms with Crippen LogP contribution in [-0.4, -0.2) is 38.0 Å². The van der Waals surface area contributed by atoms with E-state index in [4.69, 9.17) is 5.14 Å². The highest BCUT2D eigenvalue weighted by Crippen LogP contribution is 2.15. The van der Waals surface area contributed by atoms with E-state index >= 15 is 0 Å². The smallest absolute Gasteiger partial charge is 0.238 e. The topological polar surface area (TPSA) is 101 Å². The van der Waals surface area contributed by atoms with Gasteiger partial charge < -0.3 is 10.2 Å². The number of nitrogens with zero attached hydrogens (tertiary/aromatic N) is 3. The van der Waals surface area contributed by atoms with E-state index in [0.29, 0.717) is 6.54 Å². The third kappa shape index (κ3) is 6.48. The third-order valence-electron chi connectivity index (χ3n) is 4.08. The summed E-state index contributed by atoms with van der Waals surface area (Å²) >= 11 is 0. The average molecular weight is 392 g/mol. The van der Waals surface area contributed by atoms with Crippen LogP contribution in [0.3, 0.4) is 0 Å². The Morgan fingerprint density at radius 2 is 1.70 bits per heavy atom. The van der Waals surface area contributed by atoms with Gasteiger partial charge in [0.05, 0.1) is 4.90 Å². The molecule has 0 unspecified atom stereocenters. The molecule has 0 radical (unpaired) electrons. The minimum absolute atomic E-state index is 0.127. The number of hydrogen-bond donors (Lipinski definition) is 2. The van der Waals surface area contributed by atoms with Gasteiger partial charge in [-0.25, -0.2) is 18.5 Å². The van der Waals surface area contributed by atoms with Crippen LogP contribution in [-0.2, 0) is 16.4 Å². The molecule has 1 aromatic heterocycles. The molecule has 0 aliphatic heterocycles. The summed E-state index contributed by atoms with van der Waals surface area (Å²) in [7, 11) is -3.65. The molecule has 148 valence electrons. The van der Waals surface area contributed by atoms with Crippen LogP contribution in [0.4, 0.5) is 11.8 Å². The van der Waals surface area contributed by atoms with Crippen LogP contribution in [0.5, 0.6) is 0 Å². The van der Waals surface area contributed by atoms with E-state index in [1.807, 2.05) is 13.0 Å². The van der Waals surface area contributed by atoms with Crippen LogP contribution < -0.4 is 15.4 Å². The Kier molecular flexibility index (Phi) is 7.55. The normalized spacial score (nSPS) is 11.4. The quantitative estimate of drug-likeness (QED) is 0.646. The summed E-state index contributed by atoms with van der Waals surface area (Å²) in [4.78, 5) is 11.6. The van der Waals surface area contributed by atoms with Gasteiger partial charge >= 0.3 is 0 Å². The van der Waals surface area contributed by atoms with Crippen LogP contribution in [0.2, 0.25) is 0 Å². The van der Waals surface area contributed by atoms with Crippen LogP contribution >= 0.6 is 0 Å². The van der Waals surface area contributed by atoms with Crippen molar-refractivity contribution >= 4 is 21.8 Å². The first-order valence-electron chi connectivity index (χ1n) is 9.29. The maximum absolute atomic E-state index is 11.3. The highest BCUT2D eigenvalue weighted by atomic mass is 32.2. The monoisotopic (exact) mass is 391 g/mol. The van der Waals surface area contributed by atoms with E-state index in [1.54, 1.807) is 12.1 Å². The van der Waals surface area contributed by atoms with E-state index in [-0.39, 0.29) is 4.90 Å². The first-order chi connectivity index (χ1) is 12.8. The second-order valence-corrected chi connectivity index (χ2v) is 8.11. The minimum Gasteiger partial charge on any atom is -0.370 e. The summed E-state index contributed by atoms with van der Waals surface area (Å²) < 4.78 is 22.6. The third-order valence-corrected chi connectivity index (χ3v) is 5.01. The molecule has 8 heteroatoms. The first-order valence-corrected chi connectivity index (χ1v) is 10.8. The summed E-state index contributed by atoms with van der Waals surface area (Å²) in [5, 5.41) is 8.46. The molecular formula is C19H29N5O2S. The SMILES string of the molecule is CCCN(CCC)c1nc(C)cc(NCCc2ccc(S(N)(=O)=O)cc2)n1. The lowest BCUT2D eigenvalue weighted by molar-refractivity contribution is 0.598. The summed E-state index contributed by atoms with van der Waals surface area (Å²) in [6.07, 6.45) is 2.85. The van der Waals surface area contributed by atoms with Crippen molar-refractivity contribution in [1.29, 1.82) is 0 Å². The lowest BCUT2D eigenvalue weighted by Gasteiger charge is -2.22. The highest BCUT2D eigenvalue weighted by Gasteiger charge is 2.10. The summed E-state index contributed by atoms with van der Waals surface area (Å²) in [5.74, 6) is 1.56. The lowest BCUT2D eigenvalue weighted by atomic mass is 10.1. The standard InChI is InChI=1S/C19H29N5O2S/c1-4-12-24(13-5-2)19-22-15(3)14-18(23-19)21-11-10-16-6-8-17(9-7-16)27(20,25)26/h6-9,14H,4-5,10-13H2,1-3H3,(H2,20,25,26)(H,21,22,23). The molecule has 1 aromatic carbocycles. The van der Waals surface area contributed by atoms with E-state index in [2.05, 4.69) is 34.0 Å². The molecule has 0 aliphatic carbocycles. The highest BCUT2D eigenvalue weighted by molar-refractivity contribution is 7.89. The zero-order chi connectivity index (χ0) is 19.9. The summed E-state index contributed by atoms with van der Waals surface area (Å²) in [5.41, 5.74) is 1.96. The number of nitrogens with one attached hydrogen (secondary N) is 1. The molecule has 2 aromatic rings. The molecule has 0 bridgehead atoms. The Balaban J connectivity index is 2.01. The molecule has 27 heavy (non-hydrogen) atoms. The van der Waals surface area contributed by atoms with Gasteiger partial charge in [0, 0.05) is 31.4 Å². The van der Waals surface area contributed by atoms with Gasteiger partial charge in [-0.3, -0.25) is 0 Å².